The van der Waals surface area contributed by atoms with Crippen molar-refractivity contribution >= 4 is 11.7 Å². The Morgan fingerprint density at radius 1 is 1.00 bits per heavy atom. The van der Waals surface area contributed by atoms with Gasteiger partial charge in [-0.05, 0) is 50.8 Å². The summed E-state index contributed by atoms with van der Waals surface area (Å²) in [6.45, 7) is 3.20. The normalized spacial score (nSPS) is 11.9. The van der Waals surface area contributed by atoms with Crippen LogP contribution in [-0.2, 0) is 4.79 Å². The molecule has 5 nitrogen and oxygen atoms in total. The van der Waals surface area contributed by atoms with Crippen molar-refractivity contribution < 1.29 is 14.3 Å². The number of ketones is 1. The first-order chi connectivity index (χ1) is 13.0. The van der Waals surface area contributed by atoms with E-state index >= 15 is 0 Å². The maximum absolute atomic E-state index is 12.4. The van der Waals surface area contributed by atoms with Crippen LogP contribution in [-0.4, -0.2) is 43.8 Å². The quantitative estimate of drug-likeness (QED) is 0.653. The monoisotopic (exact) mass is 368 g/mol. The summed E-state index contributed by atoms with van der Waals surface area (Å²) in [4.78, 5) is 26.7. The minimum absolute atomic E-state index is 0.0444. The summed E-state index contributed by atoms with van der Waals surface area (Å²) >= 11 is 0. The van der Waals surface area contributed by atoms with Crippen LogP contribution in [0.2, 0.25) is 0 Å². The molecule has 0 spiro atoms. The summed E-state index contributed by atoms with van der Waals surface area (Å²) < 4.78 is 5.38. The highest BCUT2D eigenvalue weighted by Crippen LogP contribution is 2.16. The van der Waals surface area contributed by atoms with Crippen molar-refractivity contribution in [2.75, 3.05) is 27.2 Å². The van der Waals surface area contributed by atoms with E-state index < -0.39 is 0 Å². The van der Waals surface area contributed by atoms with E-state index in [1.807, 2.05) is 56.3 Å². The van der Waals surface area contributed by atoms with Crippen LogP contribution in [0.5, 0.6) is 5.75 Å². The molecule has 1 atom stereocenters. The summed E-state index contributed by atoms with van der Waals surface area (Å²) in [6, 6.07) is 16.8. The Bertz CT molecular complexity index is 727. The molecule has 0 aliphatic carbocycles. The molecule has 0 saturated heterocycles. The molecule has 0 fully saturated rings. The van der Waals surface area contributed by atoms with Crippen LogP contribution in [0.4, 0.5) is 0 Å². The fourth-order valence-electron chi connectivity index (χ4n) is 2.83. The third-order valence-electron chi connectivity index (χ3n) is 4.15. The number of amides is 1. The number of benzene rings is 2. The largest absolute Gasteiger partial charge is 0.494 e. The number of rotatable bonds is 10. The van der Waals surface area contributed by atoms with Crippen LogP contribution >= 0.6 is 0 Å². The lowest BCUT2D eigenvalue weighted by molar-refractivity contribution is -0.121. The van der Waals surface area contributed by atoms with Crippen molar-refractivity contribution in [3.8, 4) is 5.75 Å². The number of ether oxygens (including phenoxy) is 1. The molecule has 2 rings (SSSR count). The molecular formula is C22H28N2O3. The van der Waals surface area contributed by atoms with Gasteiger partial charge in [0, 0.05) is 24.9 Å². The fourth-order valence-corrected chi connectivity index (χ4v) is 2.83. The Balaban J connectivity index is 1.90. The predicted octanol–water partition coefficient (Wildman–Crippen LogP) is 3.47. The fraction of sp³-hybridized carbons (Fsp3) is 0.364. The van der Waals surface area contributed by atoms with Gasteiger partial charge in [-0.15, -0.1) is 0 Å². The molecule has 1 N–H and O–H groups in total. The molecule has 0 aliphatic heterocycles. The van der Waals surface area contributed by atoms with Gasteiger partial charge in [0.25, 0.3) is 0 Å². The van der Waals surface area contributed by atoms with Crippen molar-refractivity contribution in [1.29, 1.82) is 0 Å². The van der Waals surface area contributed by atoms with Crippen molar-refractivity contribution in [2.45, 2.75) is 25.8 Å². The van der Waals surface area contributed by atoms with Gasteiger partial charge in [-0.1, -0.05) is 30.3 Å². The molecule has 0 aliphatic rings. The van der Waals surface area contributed by atoms with Crippen LogP contribution in [0.15, 0.2) is 54.6 Å². The number of hydrogen-bond acceptors (Lipinski definition) is 4. The number of nitrogens with one attached hydrogen (secondary N) is 1. The van der Waals surface area contributed by atoms with E-state index in [9.17, 15) is 9.59 Å². The number of nitrogens with zero attached hydrogens (tertiary/aromatic N) is 1. The van der Waals surface area contributed by atoms with Crippen LogP contribution < -0.4 is 10.1 Å². The van der Waals surface area contributed by atoms with E-state index in [-0.39, 0.29) is 30.6 Å². The molecule has 0 saturated carbocycles. The second kappa shape index (κ2) is 10.5. The SMILES string of the molecule is CCOc1ccc(C(=O)CCC(=O)N[C@@H](CN(C)C)c2ccccc2)cc1. The van der Waals surface area contributed by atoms with E-state index in [1.54, 1.807) is 24.3 Å². The van der Waals surface area contributed by atoms with Gasteiger partial charge in [0.2, 0.25) is 5.91 Å². The van der Waals surface area contributed by atoms with Gasteiger partial charge < -0.3 is 15.0 Å². The second-order valence-electron chi connectivity index (χ2n) is 6.67. The van der Waals surface area contributed by atoms with E-state index in [2.05, 4.69) is 5.32 Å². The van der Waals surface area contributed by atoms with Crippen LogP contribution in [0, 0.1) is 0 Å². The summed E-state index contributed by atoms with van der Waals surface area (Å²) in [5.41, 5.74) is 1.65. The zero-order valence-electron chi connectivity index (χ0n) is 16.3. The highest BCUT2D eigenvalue weighted by Gasteiger charge is 2.16. The second-order valence-corrected chi connectivity index (χ2v) is 6.67. The van der Waals surface area contributed by atoms with E-state index in [4.69, 9.17) is 4.74 Å². The van der Waals surface area contributed by atoms with Crippen molar-refractivity contribution in [3.63, 3.8) is 0 Å². The molecule has 27 heavy (non-hydrogen) atoms. The number of Topliss-reactive ketones (excluding diaryl/α,β-unsaturated/α-hetero) is 1. The molecule has 1 amide bonds. The minimum atomic E-state index is -0.120. The van der Waals surface area contributed by atoms with E-state index in [0.717, 1.165) is 11.3 Å². The smallest absolute Gasteiger partial charge is 0.220 e. The van der Waals surface area contributed by atoms with Gasteiger partial charge in [0.05, 0.1) is 12.6 Å². The Hall–Kier alpha value is -2.66. The van der Waals surface area contributed by atoms with Gasteiger partial charge in [-0.25, -0.2) is 0 Å². The summed E-state index contributed by atoms with van der Waals surface area (Å²) in [6.07, 6.45) is 0.353. The zero-order chi connectivity index (χ0) is 19.6. The van der Waals surface area contributed by atoms with Crippen molar-refractivity contribution in [2.24, 2.45) is 0 Å². The van der Waals surface area contributed by atoms with Crippen molar-refractivity contribution in [3.05, 3.63) is 65.7 Å². The molecule has 2 aromatic carbocycles. The number of hydrogen-bond donors (Lipinski definition) is 1. The van der Waals surface area contributed by atoms with E-state index in [1.165, 1.54) is 0 Å². The van der Waals surface area contributed by atoms with Crippen LogP contribution in [0.3, 0.4) is 0 Å². The molecule has 0 radical (unpaired) electrons. The van der Waals surface area contributed by atoms with Gasteiger partial charge in [0.1, 0.15) is 5.75 Å². The Labute approximate surface area is 161 Å². The average molecular weight is 368 g/mol. The number of carbonyl (C=O) groups excluding carboxylic acids is 2. The summed E-state index contributed by atoms with van der Waals surface area (Å²) in [5.74, 6) is 0.572. The maximum atomic E-state index is 12.4. The zero-order valence-corrected chi connectivity index (χ0v) is 16.3. The molecule has 0 heterocycles. The summed E-state index contributed by atoms with van der Waals surface area (Å²) in [7, 11) is 3.94. The molecule has 0 aromatic heterocycles. The van der Waals surface area contributed by atoms with Crippen LogP contribution in [0.25, 0.3) is 0 Å². The third-order valence-corrected chi connectivity index (χ3v) is 4.15. The topological polar surface area (TPSA) is 58.6 Å². The maximum Gasteiger partial charge on any atom is 0.220 e. The van der Waals surface area contributed by atoms with Gasteiger partial charge in [0.15, 0.2) is 5.78 Å². The van der Waals surface area contributed by atoms with Crippen LogP contribution in [0.1, 0.15) is 41.7 Å². The van der Waals surface area contributed by atoms with Crippen molar-refractivity contribution in [1.82, 2.24) is 10.2 Å². The number of carbonyl (C=O) groups is 2. The van der Waals surface area contributed by atoms with Gasteiger partial charge in [-0.3, -0.25) is 9.59 Å². The summed E-state index contributed by atoms with van der Waals surface area (Å²) in [5, 5.41) is 3.04. The van der Waals surface area contributed by atoms with Gasteiger partial charge in [-0.2, -0.15) is 0 Å². The van der Waals surface area contributed by atoms with Gasteiger partial charge >= 0.3 is 0 Å². The molecule has 0 unspecified atom stereocenters. The third kappa shape index (κ3) is 6.87. The minimum Gasteiger partial charge on any atom is -0.494 e. The average Bonchev–Trinajstić information content (AvgIpc) is 2.67. The highest BCUT2D eigenvalue weighted by atomic mass is 16.5. The first-order valence-electron chi connectivity index (χ1n) is 9.24. The standard InChI is InChI=1S/C22H28N2O3/c1-4-27-19-12-10-18(11-13-19)21(25)14-15-22(26)23-20(16-24(2)3)17-8-6-5-7-9-17/h5-13,20H,4,14-16H2,1-3H3,(H,23,26)/t20-/m0/s1. The number of likely N-dealkylation sites (N-methyl/N-ethyl adjacent to an activating group) is 1. The molecule has 144 valence electrons. The first-order valence-corrected chi connectivity index (χ1v) is 9.24. The lowest BCUT2D eigenvalue weighted by atomic mass is 10.0. The Morgan fingerprint density at radius 2 is 1.67 bits per heavy atom. The van der Waals surface area contributed by atoms with E-state index in [0.29, 0.717) is 18.7 Å². The molecule has 0 bridgehead atoms. The molecule has 5 heteroatoms. The highest BCUT2D eigenvalue weighted by molar-refractivity contribution is 5.98. The predicted molar refractivity (Wildman–Crippen MR) is 107 cm³/mol. The Kier molecular flexibility index (Phi) is 8.01. The first kappa shape index (κ1) is 20.6. The Morgan fingerprint density at radius 3 is 2.26 bits per heavy atom. The molecular weight excluding hydrogens is 340 g/mol. The molecule has 2 aromatic rings. The lowest BCUT2D eigenvalue weighted by Crippen LogP contribution is -2.35. The lowest BCUT2D eigenvalue weighted by Gasteiger charge is -2.23.